The Labute approximate surface area is 140 Å². The largest absolute Gasteiger partial charge is 0.481 e. The summed E-state index contributed by atoms with van der Waals surface area (Å²) in [5, 5.41) is 34.1. The average Bonchev–Trinajstić information content (AvgIpc) is 2.55. The minimum atomic E-state index is -1.41. The van der Waals surface area contributed by atoms with Crippen LogP contribution in [0.2, 0.25) is 0 Å². The van der Waals surface area contributed by atoms with Crippen LogP contribution in [0.15, 0.2) is 0 Å². The number of carbonyl (C=O) groups is 2. The summed E-state index contributed by atoms with van der Waals surface area (Å²) in [6, 6.07) is 0. The van der Waals surface area contributed by atoms with Crippen LogP contribution in [0.5, 0.6) is 0 Å². The number of aliphatic carboxylic acids is 2. The maximum atomic E-state index is 10.3. The van der Waals surface area contributed by atoms with Crippen LogP contribution in [-0.2, 0) is 28.5 Å². The lowest BCUT2D eigenvalue weighted by atomic mass is 10.1. The van der Waals surface area contributed by atoms with Crippen molar-refractivity contribution in [2.75, 3.05) is 54.2 Å². The first-order valence-electron chi connectivity index (χ1n) is 7.25. The number of hydrogen-bond donors (Lipinski definition) is 4. The molecule has 0 atom stereocenters. The second-order valence-electron chi connectivity index (χ2n) is 4.67. The van der Waals surface area contributed by atoms with Gasteiger partial charge in [0.25, 0.3) is 0 Å². The van der Waals surface area contributed by atoms with Gasteiger partial charge in [0.05, 0.1) is 6.61 Å². The average molecular weight is 356 g/mol. The van der Waals surface area contributed by atoms with E-state index in [1.54, 1.807) is 7.11 Å². The van der Waals surface area contributed by atoms with Gasteiger partial charge >= 0.3 is 11.9 Å². The van der Waals surface area contributed by atoms with Crippen molar-refractivity contribution in [3.8, 4) is 0 Å². The van der Waals surface area contributed by atoms with E-state index >= 15 is 0 Å². The van der Waals surface area contributed by atoms with Gasteiger partial charge in [0, 0.05) is 40.0 Å². The first-order valence-corrected chi connectivity index (χ1v) is 7.25. The summed E-state index contributed by atoms with van der Waals surface area (Å²) in [6.45, 7) is 0.881. The van der Waals surface area contributed by atoms with Crippen LogP contribution in [0.25, 0.3) is 0 Å². The molecule has 0 unspecified atom stereocenters. The van der Waals surface area contributed by atoms with E-state index in [1.807, 2.05) is 0 Å². The van der Waals surface area contributed by atoms with E-state index in [0.717, 1.165) is 0 Å². The zero-order chi connectivity index (χ0) is 18.8. The fourth-order valence-corrected chi connectivity index (χ4v) is 1.33. The van der Waals surface area contributed by atoms with E-state index in [4.69, 9.17) is 29.9 Å². The van der Waals surface area contributed by atoms with Gasteiger partial charge in [0.15, 0.2) is 5.92 Å². The minimum absolute atomic E-state index is 0.00679. The molecular formula is C14H28O10. The molecule has 0 saturated heterocycles. The Morgan fingerprint density at radius 2 is 1.25 bits per heavy atom. The van der Waals surface area contributed by atoms with Gasteiger partial charge in [-0.2, -0.15) is 0 Å². The molecule has 0 spiro atoms. The van der Waals surface area contributed by atoms with Crippen LogP contribution in [0.4, 0.5) is 0 Å². The normalized spacial score (nSPS) is 10.6. The number of aliphatic hydroxyl groups excluding tert-OH is 2. The van der Waals surface area contributed by atoms with Gasteiger partial charge < -0.3 is 39.4 Å². The van der Waals surface area contributed by atoms with Crippen LogP contribution < -0.4 is 0 Å². The number of hydrogen-bond acceptors (Lipinski definition) is 8. The smallest absolute Gasteiger partial charge is 0.317 e. The molecule has 0 rings (SSSR count). The standard InChI is InChI=1S/C7H12O6.C7H16O4/c1-12-4-13-3-2-5(6(8)9)7(10)11;1-10-6-11-3-2-7(4-8)5-9/h5H,2-4H2,1H3,(H,8,9)(H,10,11);7-9H,2-6H2,1H3. The molecule has 0 radical (unpaired) electrons. The summed E-state index contributed by atoms with van der Waals surface area (Å²) in [4.78, 5) is 20.7. The SMILES string of the molecule is COCOCCC(C(=O)O)C(=O)O.COCOCCC(CO)CO. The van der Waals surface area contributed by atoms with E-state index < -0.39 is 17.9 Å². The summed E-state index contributed by atoms with van der Waals surface area (Å²) >= 11 is 0. The Hall–Kier alpha value is -1.30. The lowest BCUT2D eigenvalue weighted by Crippen LogP contribution is -2.24. The molecule has 0 saturated carbocycles. The van der Waals surface area contributed by atoms with Crippen molar-refractivity contribution >= 4 is 11.9 Å². The minimum Gasteiger partial charge on any atom is -0.481 e. The van der Waals surface area contributed by atoms with Crippen molar-refractivity contribution < 1.29 is 49.0 Å². The molecule has 0 bridgehead atoms. The number of ether oxygens (including phenoxy) is 4. The molecule has 144 valence electrons. The van der Waals surface area contributed by atoms with Crippen molar-refractivity contribution in [2.24, 2.45) is 11.8 Å². The molecule has 0 heterocycles. The maximum absolute atomic E-state index is 10.3. The number of methoxy groups -OCH3 is 2. The van der Waals surface area contributed by atoms with Gasteiger partial charge in [-0.15, -0.1) is 0 Å². The van der Waals surface area contributed by atoms with Crippen molar-refractivity contribution in [3.63, 3.8) is 0 Å². The number of aliphatic hydroxyl groups is 2. The number of carboxylic acid groups (broad SMARTS) is 2. The molecule has 0 aliphatic heterocycles. The molecule has 0 aromatic rings. The van der Waals surface area contributed by atoms with E-state index in [9.17, 15) is 9.59 Å². The van der Waals surface area contributed by atoms with E-state index in [0.29, 0.717) is 13.0 Å². The molecule has 10 heteroatoms. The van der Waals surface area contributed by atoms with Crippen molar-refractivity contribution in [1.82, 2.24) is 0 Å². The summed E-state index contributed by atoms with van der Waals surface area (Å²) < 4.78 is 18.9. The third-order valence-electron chi connectivity index (χ3n) is 2.74. The molecule has 4 N–H and O–H groups in total. The van der Waals surface area contributed by atoms with Gasteiger partial charge in [0.2, 0.25) is 0 Å². The Morgan fingerprint density at radius 3 is 1.58 bits per heavy atom. The fourth-order valence-electron chi connectivity index (χ4n) is 1.33. The highest BCUT2D eigenvalue weighted by Crippen LogP contribution is 2.03. The van der Waals surface area contributed by atoms with Gasteiger partial charge in [-0.05, 0) is 12.8 Å². The predicted molar refractivity (Wildman–Crippen MR) is 81.3 cm³/mol. The van der Waals surface area contributed by atoms with Gasteiger partial charge in [-0.25, -0.2) is 0 Å². The highest BCUT2D eigenvalue weighted by molar-refractivity contribution is 5.92. The Bertz CT molecular complexity index is 292. The summed E-state index contributed by atoms with van der Waals surface area (Å²) in [5.41, 5.74) is 0. The maximum Gasteiger partial charge on any atom is 0.317 e. The van der Waals surface area contributed by atoms with Crippen molar-refractivity contribution in [2.45, 2.75) is 12.8 Å². The monoisotopic (exact) mass is 356 g/mol. The number of rotatable bonds is 14. The Kier molecular flexibility index (Phi) is 18.8. The molecule has 0 aromatic heterocycles. The molecular weight excluding hydrogens is 328 g/mol. The first-order chi connectivity index (χ1) is 11.4. The molecule has 10 nitrogen and oxygen atoms in total. The van der Waals surface area contributed by atoms with Crippen LogP contribution in [0.3, 0.4) is 0 Å². The second-order valence-corrected chi connectivity index (χ2v) is 4.67. The molecule has 0 fully saturated rings. The predicted octanol–water partition coefficient (Wildman–Crippen LogP) is -0.620. The summed E-state index contributed by atoms with van der Waals surface area (Å²) in [6.07, 6.45) is 0.602. The van der Waals surface area contributed by atoms with Crippen LogP contribution in [-0.4, -0.2) is 86.6 Å². The third-order valence-corrected chi connectivity index (χ3v) is 2.74. The molecule has 0 aliphatic carbocycles. The summed E-state index contributed by atoms with van der Waals surface area (Å²) in [5.74, 6) is -4.18. The van der Waals surface area contributed by atoms with E-state index in [2.05, 4.69) is 9.47 Å². The van der Waals surface area contributed by atoms with Gasteiger partial charge in [-0.3, -0.25) is 9.59 Å². The van der Waals surface area contributed by atoms with Crippen LogP contribution >= 0.6 is 0 Å². The molecule has 0 amide bonds. The van der Waals surface area contributed by atoms with E-state index in [-0.39, 0.29) is 45.7 Å². The lowest BCUT2D eigenvalue weighted by Gasteiger charge is -2.09. The van der Waals surface area contributed by atoms with Crippen LogP contribution in [0, 0.1) is 11.8 Å². The first kappa shape index (κ1) is 24.9. The highest BCUT2D eigenvalue weighted by Gasteiger charge is 2.24. The van der Waals surface area contributed by atoms with E-state index in [1.165, 1.54) is 7.11 Å². The number of carboxylic acids is 2. The zero-order valence-electron chi connectivity index (χ0n) is 14.0. The van der Waals surface area contributed by atoms with Crippen molar-refractivity contribution in [1.29, 1.82) is 0 Å². The Morgan fingerprint density at radius 1 is 0.833 bits per heavy atom. The topological polar surface area (TPSA) is 152 Å². The lowest BCUT2D eigenvalue weighted by molar-refractivity contribution is -0.156. The Balaban J connectivity index is 0. The fraction of sp³-hybridized carbons (Fsp3) is 0.857. The van der Waals surface area contributed by atoms with Gasteiger partial charge in [0.1, 0.15) is 13.6 Å². The van der Waals surface area contributed by atoms with Crippen molar-refractivity contribution in [3.05, 3.63) is 0 Å². The molecule has 0 aromatic carbocycles. The zero-order valence-corrected chi connectivity index (χ0v) is 14.0. The summed E-state index contributed by atoms with van der Waals surface area (Å²) in [7, 11) is 2.97. The third kappa shape index (κ3) is 15.6. The quantitative estimate of drug-likeness (QED) is 0.180. The molecule has 0 aliphatic rings. The van der Waals surface area contributed by atoms with Gasteiger partial charge in [-0.1, -0.05) is 0 Å². The van der Waals surface area contributed by atoms with Crippen LogP contribution in [0.1, 0.15) is 12.8 Å². The molecule has 24 heavy (non-hydrogen) atoms. The second kappa shape index (κ2) is 18.0. The highest BCUT2D eigenvalue weighted by atomic mass is 16.7.